The number of nitrogens with two attached hydrogens (primary N) is 1. The molecule has 86 valence electrons. The normalized spacial score (nSPS) is 14.0. The molecule has 0 aliphatic heterocycles. The number of nitrogens with zero attached hydrogens (tertiary/aromatic N) is 1. The van der Waals surface area contributed by atoms with E-state index in [1.807, 2.05) is 19.2 Å². The first-order chi connectivity index (χ1) is 7.15. The number of thioether (sulfide) groups is 1. The molecule has 4 nitrogen and oxygen atoms in total. The van der Waals surface area contributed by atoms with Crippen molar-refractivity contribution in [1.29, 1.82) is 5.26 Å². The first-order valence-electron chi connectivity index (χ1n) is 5.07. The second kappa shape index (κ2) is 8.57. The molecule has 0 heterocycles. The van der Waals surface area contributed by atoms with Gasteiger partial charge in [0.05, 0.1) is 18.5 Å². The van der Waals surface area contributed by atoms with Gasteiger partial charge < -0.3 is 11.1 Å². The molecule has 1 unspecified atom stereocenters. The molecule has 0 fully saturated rings. The van der Waals surface area contributed by atoms with Crippen LogP contribution in [0.25, 0.3) is 0 Å². The van der Waals surface area contributed by atoms with Crippen LogP contribution in [-0.2, 0) is 4.79 Å². The molecule has 0 aliphatic carbocycles. The standard InChI is InChI=1S/C10H19N3OS/c1-3-8(4-6-11)13-10(14)9(12)5-7-15-2/h8-9H,3-5,7,12H2,1-2H3,(H,13,14)/t8?,9-/m1/s1. The third-order valence-corrected chi connectivity index (χ3v) is 2.79. The van der Waals surface area contributed by atoms with E-state index in [-0.39, 0.29) is 11.9 Å². The zero-order valence-corrected chi connectivity index (χ0v) is 10.1. The van der Waals surface area contributed by atoms with Crippen molar-refractivity contribution in [2.24, 2.45) is 5.73 Å². The van der Waals surface area contributed by atoms with Crippen LogP contribution in [0.1, 0.15) is 26.2 Å². The second-order valence-corrected chi connectivity index (χ2v) is 4.35. The van der Waals surface area contributed by atoms with Crippen LogP contribution in [0, 0.1) is 11.3 Å². The van der Waals surface area contributed by atoms with Crippen LogP contribution in [0.4, 0.5) is 0 Å². The van der Waals surface area contributed by atoms with E-state index in [1.165, 1.54) is 0 Å². The minimum atomic E-state index is -0.454. The van der Waals surface area contributed by atoms with Crippen molar-refractivity contribution < 1.29 is 4.79 Å². The Morgan fingerprint density at radius 3 is 2.80 bits per heavy atom. The Balaban J connectivity index is 3.93. The molecule has 15 heavy (non-hydrogen) atoms. The zero-order chi connectivity index (χ0) is 11.7. The van der Waals surface area contributed by atoms with E-state index in [0.29, 0.717) is 12.8 Å². The van der Waals surface area contributed by atoms with E-state index in [2.05, 4.69) is 5.32 Å². The van der Waals surface area contributed by atoms with Crippen molar-refractivity contribution >= 4 is 17.7 Å². The van der Waals surface area contributed by atoms with Crippen molar-refractivity contribution in [3.63, 3.8) is 0 Å². The summed E-state index contributed by atoms with van der Waals surface area (Å²) in [6.07, 6.45) is 3.76. The van der Waals surface area contributed by atoms with Gasteiger partial charge in [-0.3, -0.25) is 4.79 Å². The summed E-state index contributed by atoms with van der Waals surface area (Å²) in [5.41, 5.74) is 5.69. The van der Waals surface area contributed by atoms with Gasteiger partial charge in [-0.2, -0.15) is 17.0 Å². The van der Waals surface area contributed by atoms with E-state index < -0.39 is 6.04 Å². The molecular weight excluding hydrogens is 210 g/mol. The minimum absolute atomic E-state index is 0.0668. The molecule has 5 heteroatoms. The van der Waals surface area contributed by atoms with Crippen molar-refractivity contribution in [1.82, 2.24) is 5.32 Å². The molecule has 0 aromatic carbocycles. The fourth-order valence-electron chi connectivity index (χ4n) is 1.09. The van der Waals surface area contributed by atoms with E-state index in [1.54, 1.807) is 11.8 Å². The van der Waals surface area contributed by atoms with Crippen LogP contribution < -0.4 is 11.1 Å². The minimum Gasteiger partial charge on any atom is -0.351 e. The molecule has 0 radical (unpaired) electrons. The number of rotatable bonds is 7. The fourth-order valence-corrected chi connectivity index (χ4v) is 1.58. The summed E-state index contributed by atoms with van der Waals surface area (Å²) in [5.74, 6) is 0.732. The lowest BCUT2D eigenvalue weighted by Crippen LogP contribution is -2.45. The second-order valence-electron chi connectivity index (χ2n) is 3.36. The molecule has 0 spiro atoms. The average molecular weight is 229 g/mol. The van der Waals surface area contributed by atoms with Gasteiger partial charge >= 0.3 is 0 Å². The Labute approximate surface area is 95.6 Å². The van der Waals surface area contributed by atoms with Crippen LogP contribution in [0.15, 0.2) is 0 Å². The Hall–Kier alpha value is -0.730. The maximum atomic E-state index is 11.5. The van der Waals surface area contributed by atoms with Gasteiger partial charge in [-0.25, -0.2) is 0 Å². The predicted octanol–water partition coefficient (Wildman–Crippen LogP) is 0.875. The Morgan fingerprint density at radius 2 is 2.33 bits per heavy atom. The average Bonchev–Trinajstić information content (AvgIpc) is 2.24. The van der Waals surface area contributed by atoms with Gasteiger partial charge in [0.1, 0.15) is 0 Å². The summed E-state index contributed by atoms with van der Waals surface area (Å²) in [6.45, 7) is 1.94. The monoisotopic (exact) mass is 229 g/mol. The third-order valence-electron chi connectivity index (χ3n) is 2.15. The largest absolute Gasteiger partial charge is 0.351 e. The molecule has 0 saturated carbocycles. The van der Waals surface area contributed by atoms with Crippen molar-refractivity contribution in [2.45, 2.75) is 38.3 Å². The Kier molecular flexibility index (Phi) is 8.15. The Morgan fingerprint density at radius 1 is 1.67 bits per heavy atom. The van der Waals surface area contributed by atoms with Crippen molar-refractivity contribution in [3.05, 3.63) is 0 Å². The molecule has 0 aromatic heterocycles. The lowest BCUT2D eigenvalue weighted by atomic mass is 10.1. The molecule has 0 rings (SSSR count). The number of nitrogens with one attached hydrogen (secondary N) is 1. The number of carbonyl (C=O) groups excluding carboxylic acids is 1. The van der Waals surface area contributed by atoms with Gasteiger partial charge in [0.2, 0.25) is 5.91 Å². The van der Waals surface area contributed by atoms with Gasteiger partial charge in [-0.15, -0.1) is 0 Å². The molecule has 0 bridgehead atoms. The summed E-state index contributed by atoms with van der Waals surface area (Å²) in [5, 5.41) is 11.3. The molecule has 0 aromatic rings. The van der Waals surface area contributed by atoms with Crippen LogP contribution in [0.3, 0.4) is 0 Å². The summed E-state index contributed by atoms with van der Waals surface area (Å²) < 4.78 is 0. The first-order valence-corrected chi connectivity index (χ1v) is 6.46. The van der Waals surface area contributed by atoms with E-state index in [4.69, 9.17) is 11.0 Å². The number of hydrogen-bond acceptors (Lipinski definition) is 4. The first kappa shape index (κ1) is 14.3. The number of carbonyl (C=O) groups is 1. The number of nitriles is 1. The van der Waals surface area contributed by atoms with E-state index in [0.717, 1.165) is 12.2 Å². The lowest BCUT2D eigenvalue weighted by molar-refractivity contribution is -0.123. The maximum absolute atomic E-state index is 11.5. The summed E-state index contributed by atoms with van der Waals surface area (Å²) >= 11 is 1.67. The SMILES string of the molecule is CCC(CC#N)NC(=O)[C@H](N)CCSC. The smallest absolute Gasteiger partial charge is 0.237 e. The van der Waals surface area contributed by atoms with Crippen molar-refractivity contribution in [3.8, 4) is 6.07 Å². The van der Waals surface area contributed by atoms with Crippen LogP contribution >= 0.6 is 11.8 Å². The van der Waals surface area contributed by atoms with Gasteiger partial charge in [-0.1, -0.05) is 6.92 Å². The Bertz CT molecular complexity index is 227. The van der Waals surface area contributed by atoms with Crippen LogP contribution in [0.2, 0.25) is 0 Å². The molecule has 0 aliphatic rings. The van der Waals surface area contributed by atoms with E-state index >= 15 is 0 Å². The highest BCUT2D eigenvalue weighted by Gasteiger charge is 2.16. The molecule has 1 amide bonds. The van der Waals surface area contributed by atoms with E-state index in [9.17, 15) is 4.79 Å². The molecule has 2 atom stereocenters. The summed E-state index contributed by atoms with van der Waals surface area (Å²) in [4.78, 5) is 11.5. The molecule has 0 saturated heterocycles. The van der Waals surface area contributed by atoms with Gasteiger partial charge in [0.15, 0.2) is 0 Å². The van der Waals surface area contributed by atoms with Crippen LogP contribution in [0.5, 0.6) is 0 Å². The summed E-state index contributed by atoms with van der Waals surface area (Å²) in [7, 11) is 0. The predicted molar refractivity (Wildman–Crippen MR) is 63.4 cm³/mol. The number of hydrogen-bond donors (Lipinski definition) is 2. The van der Waals surface area contributed by atoms with Crippen LogP contribution in [-0.4, -0.2) is 30.0 Å². The summed E-state index contributed by atoms with van der Waals surface area (Å²) in [6, 6.07) is 1.53. The highest BCUT2D eigenvalue weighted by Crippen LogP contribution is 2.01. The molecule has 3 N–H and O–H groups in total. The highest BCUT2D eigenvalue weighted by molar-refractivity contribution is 7.98. The zero-order valence-electron chi connectivity index (χ0n) is 9.32. The quantitative estimate of drug-likeness (QED) is 0.679. The third kappa shape index (κ3) is 6.37. The van der Waals surface area contributed by atoms with Gasteiger partial charge in [0, 0.05) is 6.04 Å². The van der Waals surface area contributed by atoms with Crippen molar-refractivity contribution in [2.75, 3.05) is 12.0 Å². The van der Waals surface area contributed by atoms with Gasteiger partial charge in [-0.05, 0) is 24.9 Å². The maximum Gasteiger partial charge on any atom is 0.237 e. The fraction of sp³-hybridized carbons (Fsp3) is 0.800. The highest BCUT2D eigenvalue weighted by atomic mass is 32.2. The lowest BCUT2D eigenvalue weighted by Gasteiger charge is -2.17. The topological polar surface area (TPSA) is 78.9 Å². The van der Waals surface area contributed by atoms with Gasteiger partial charge in [0.25, 0.3) is 0 Å². The molecular formula is C10H19N3OS. The number of amides is 1.